The van der Waals surface area contributed by atoms with Crippen LogP contribution in [-0.2, 0) is 114 Å². The van der Waals surface area contributed by atoms with E-state index in [1.807, 2.05) is 6.92 Å². The maximum Gasteiger partial charge on any atom is 0.311 e. The van der Waals surface area contributed by atoms with Gasteiger partial charge in [0.2, 0.25) is 0 Å². The van der Waals surface area contributed by atoms with Gasteiger partial charge in [-0.3, -0.25) is 28.8 Å². The van der Waals surface area contributed by atoms with Gasteiger partial charge < -0.3 is 152 Å². The molecule has 0 radical (unpaired) electrons. The summed E-state index contributed by atoms with van der Waals surface area (Å²) in [4.78, 5) is 85.1. The van der Waals surface area contributed by atoms with Crippen molar-refractivity contribution in [3.05, 3.63) is 0 Å². The van der Waals surface area contributed by atoms with Crippen molar-refractivity contribution in [1.82, 2.24) is 0 Å². The van der Waals surface area contributed by atoms with Crippen LogP contribution in [0.5, 0.6) is 0 Å². The largest absolute Gasteiger partial charge is 0.463 e. The van der Waals surface area contributed by atoms with Gasteiger partial charge in [-0.15, -0.1) is 0 Å². The molecular formula is C76H128O37. The van der Waals surface area contributed by atoms with Gasteiger partial charge in [0.15, 0.2) is 68.3 Å². The van der Waals surface area contributed by atoms with Crippen LogP contribution in [0.1, 0.15) is 186 Å². The lowest BCUT2D eigenvalue weighted by atomic mass is 9.94. The third kappa shape index (κ3) is 25.0. The van der Waals surface area contributed by atoms with E-state index in [0.29, 0.717) is 57.8 Å². The summed E-state index contributed by atoms with van der Waals surface area (Å²) in [7, 11) is 0. The van der Waals surface area contributed by atoms with Crippen molar-refractivity contribution in [2.75, 3.05) is 26.4 Å². The highest BCUT2D eigenvalue weighted by molar-refractivity contribution is 5.75. The van der Waals surface area contributed by atoms with Gasteiger partial charge in [0.1, 0.15) is 110 Å². The summed E-state index contributed by atoms with van der Waals surface area (Å²) in [5, 5.41) is 150. The number of carbonyl (C=O) groups excluding carboxylic acids is 6. The van der Waals surface area contributed by atoms with Crippen molar-refractivity contribution in [2.24, 2.45) is 29.6 Å². The number of hydrogen-bond donors (Lipinski definition) is 13. The van der Waals surface area contributed by atoms with Gasteiger partial charge in [-0.05, 0) is 80.1 Å². The predicted molar refractivity (Wildman–Crippen MR) is 383 cm³/mol. The summed E-state index contributed by atoms with van der Waals surface area (Å²) in [6.45, 7) is 15.6. The van der Waals surface area contributed by atoms with E-state index in [9.17, 15) is 95.2 Å². The van der Waals surface area contributed by atoms with Gasteiger partial charge in [0.25, 0.3) is 0 Å². The lowest BCUT2D eigenvalue weighted by Gasteiger charge is -2.52. The van der Waals surface area contributed by atoms with Crippen molar-refractivity contribution < 1.29 is 180 Å². The van der Waals surface area contributed by atoms with Gasteiger partial charge in [0, 0.05) is 6.42 Å². The molecule has 0 aromatic carbocycles. The molecule has 0 aliphatic carbocycles. The molecule has 7 aliphatic rings. The fourth-order valence-corrected chi connectivity index (χ4v) is 13.8. The molecule has 7 rings (SSSR count). The zero-order chi connectivity index (χ0) is 83.6. The van der Waals surface area contributed by atoms with Gasteiger partial charge in [-0.2, -0.15) is 0 Å². The van der Waals surface area contributed by atoms with Crippen LogP contribution in [0.25, 0.3) is 0 Å². The number of carbonyl (C=O) groups is 6. The molecule has 0 amide bonds. The summed E-state index contributed by atoms with van der Waals surface area (Å²) in [6.07, 6.45) is -55.8. The van der Waals surface area contributed by atoms with Crippen molar-refractivity contribution in [3.8, 4) is 0 Å². The summed E-state index contributed by atoms with van der Waals surface area (Å²) in [6, 6.07) is 0. The van der Waals surface area contributed by atoms with Crippen LogP contribution in [0, 0.1) is 29.6 Å². The van der Waals surface area contributed by atoms with Gasteiger partial charge in [-0.25, -0.2) is 0 Å². The van der Waals surface area contributed by atoms with Crippen LogP contribution < -0.4 is 0 Å². The van der Waals surface area contributed by atoms with Gasteiger partial charge >= 0.3 is 35.8 Å². The second-order valence-corrected chi connectivity index (χ2v) is 31.2. The standard InChI is InChI=1S/C76H128O37/c1-14-18-26-42-27-24-22-20-19-21-23-25-28-47(81)105-61-54(88)50(84)44(30-78)102-73(61)97-32-46-58(107-66(91)33(5)15-2)60(108-67(92)34(6)16-3)56(90)72(104-46)110-59-51(85)45(31-96-69(94)36(8)38(10)79)103-76(111-62-53(87)48(82)40(12)98-74(62)100-42)64(59)113-75-65(109-68(93)35(7)17-4)63(57(41(13)99-75)106-70(95)37(9)39(11)80)112-71-55(89)52(86)49(83)43(29-77)101-71/h33-46,48-65,71-80,82-90H,14-32H2,1-13H3/t33-,34-,35-,36+,37+,38+,39+,40+,41-,42-,43+,44+,45+,46+,48+,49+,50+,51+,52-,53-,54-,55+,56+,57-,58+,59-,60+,61+,62+,63+,64+,65+,71-,72-,73+,74-,75-,76-/m0/s1. The Kier molecular flexibility index (Phi) is 38.5. The minimum absolute atomic E-state index is 0.100. The number of aliphatic hydroxyl groups excluding tert-OH is 13. The van der Waals surface area contributed by atoms with Crippen molar-refractivity contribution in [2.45, 2.75) is 389 Å². The monoisotopic (exact) mass is 1630 g/mol. The molecule has 0 spiro atoms. The number of aliphatic hydroxyl groups is 13. The molecule has 7 heterocycles. The topological polar surface area (TPSA) is 532 Å². The Morgan fingerprint density at radius 3 is 1.55 bits per heavy atom. The van der Waals surface area contributed by atoms with E-state index >= 15 is 0 Å². The maximum absolute atomic E-state index is 14.7. The van der Waals surface area contributed by atoms with Crippen LogP contribution in [0.2, 0.25) is 0 Å². The molecule has 654 valence electrons. The Labute approximate surface area is 658 Å². The molecule has 113 heavy (non-hydrogen) atoms. The zero-order valence-electron chi connectivity index (χ0n) is 67.0. The van der Waals surface area contributed by atoms with Crippen LogP contribution in [-0.4, -0.2) is 331 Å². The molecule has 37 heteroatoms. The normalized spacial score (nSPS) is 40.8. The average molecular weight is 1630 g/mol. The summed E-state index contributed by atoms with van der Waals surface area (Å²) in [5.74, 6) is -11.3. The summed E-state index contributed by atoms with van der Waals surface area (Å²) in [5.41, 5.74) is 0. The Hall–Kier alpha value is -4.18. The lowest BCUT2D eigenvalue weighted by molar-refractivity contribution is -0.414. The van der Waals surface area contributed by atoms with Crippen LogP contribution in [0.15, 0.2) is 0 Å². The van der Waals surface area contributed by atoms with E-state index in [0.717, 1.165) is 12.8 Å². The third-order valence-corrected chi connectivity index (χ3v) is 22.5. The minimum Gasteiger partial charge on any atom is -0.463 e. The van der Waals surface area contributed by atoms with E-state index in [4.69, 9.17) is 85.3 Å². The molecular weight excluding hydrogens is 1500 g/mol. The lowest BCUT2D eigenvalue weighted by Crippen LogP contribution is -2.70. The fraction of sp³-hybridized carbons (Fsp3) is 0.921. The predicted octanol–water partition coefficient (Wildman–Crippen LogP) is -0.460. The van der Waals surface area contributed by atoms with Crippen molar-refractivity contribution >= 4 is 35.8 Å². The quantitative estimate of drug-likeness (QED) is 0.0406. The summed E-state index contributed by atoms with van der Waals surface area (Å²) < 4.78 is 115. The van der Waals surface area contributed by atoms with E-state index in [-0.39, 0.29) is 25.7 Å². The first-order valence-electron chi connectivity index (χ1n) is 40.3. The molecule has 0 saturated carbocycles. The number of unbranched alkanes of at least 4 members (excludes halogenated alkanes) is 1. The smallest absolute Gasteiger partial charge is 0.311 e. The molecule has 37 nitrogen and oxygen atoms in total. The number of rotatable bonds is 25. The highest BCUT2D eigenvalue weighted by Crippen LogP contribution is 2.42. The first kappa shape index (κ1) is 96.0. The Morgan fingerprint density at radius 2 is 0.956 bits per heavy atom. The molecule has 13 N–H and O–H groups in total. The van der Waals surface area contributed by atoms with E-state index in [1.54, 1.807) is 20.8 Å². The Morgan fingerprint density at radius 1 is 0.434 bits per heavy atom. The second-order valence-electron chi connectivity index (χ2n) is 31.2. The number of ether oxygens (including phenoxy) is 18. The Balaban J connectivity index is 1.51. The molecule has 7 fully saturated rings. The molecule has 7 saturated heterocycles. The minimum atomic E-state index is -2.38. The molecule has 7 aliphatic heterocycles. The third-order valence-electron chi connectivity index (χ3n) is 22.5. The molecule has 0 aromatic rings. The SMILES string of the molecule is CCCC[C@H]1CCCCCCCCCC(=O)O[C@H]2[C@H](OC[C@H]3O[C@@H](O[C@H]4[C@H](O)[C@@H](COC(=O)[C@H](C)[C@@H](C)O)O[C@@H](O[C@H]5[C@H](O1)O[C@H](C)[C@@H](O)[C@@H]5O)[C@@H]4O[C@@H]1O[C@@H](C)[C@H](OC(=O)[C@H](C)[C@@H](C)O)[C@@H](O[C@@H]4O[C@H](CO)[C@@H](O)[C@H](O)[C@H]4O)[C@H]1OC(=O)[C@@H](C)CC)[C@H](O)[C@@H](OC(=O)[C@@H](C)CC)[C@@H]3OC(=O)[C@@H](C)CC)O[C@H](CO)[C@@H](O)[C@@H]2O. The van der Waals surface area contributed by atoms with Crippen LogP contribution >= 0.6 is 0 Å². The zero-order valence-corrected chi connectivity index (χ0v) is 67.0. The van der Waals surface area contributed by atoms with Crippen molar-refractivity contribution in [3.63, 3.8) is 0 Å². The number of fused-ring (bicyclic) bond motifs is 6. The van der Waals surface area contributed by atoms with Crippen LogP contribution in [0.4, 0.5) is 0 Å². The molecule has 38 atom stereocenters. The number of hydrogen-bond acceptors (Lipinski definition) is 37. The van der Waals surface area contributed by atoms with Gasteiger partial charge in [0.05, 0.1) is 79.9 Å². The van der Waals surface area contributed by atoms with Crippen molar-refractivity contribution in [1.29, 1.82) is 0 Å². The first-order valence-corrected chi connectivity index (χ1v) is 40.3. The van der Waals surface area contributed by atoms with E-state index in [1.165, 1.54) is 62.3 Å². The first-order chi connectivity index (χ1) is 53.6. The fourth-order valence-electron chi connectivity index (χ4n) is 13.8. The second kappa shape index (κ2) is 45.3. The van der Waals surface area contributed by atoms with E-state index < -0.39 is 294 Å². The number of esters is 6. The highest BCUT2D eigenvalue weighted by atomic mass is 16.8. The average Bonchev–Trinajstić information content (AvgIpc) is 0.753. The molecule has 0 unspecified atom stereocenters. The maximum atomic E-state index is 14.7. The molecule has 0 aromatic heterocycles. The van der Waals surface area contributed by atoms with Gasteiger partial charge in [-0.1, -0.05) is 99.8 Å². The van der Waals surface area contributed by atoms with Crippen LogP contribution in [0.3, 0.4) is 0 Å². The molecule has 4 bridgehead atoms. The summed E-state index contributed by atoms with van der Waals surface area (Å²) >= 11 is 0. The Bertz CT molecular complexity index is 2900. The van der Waals surface area contributed by atoms with E-state index in [2.05, 4.69) is 0 Å². The highest BCUT2D eigenvalue weighted by Gasteiger charge is 2.61.